The minimum absolute atomic E-state index is 0.635. The van der Waals surface area contributed by atoms with Crippen LogP contribution in [0.5, 0.6) is 17.2 Å². The first-order chi connectivity index (χ1) is 12.7. The van der Waals surface area contributed by atoms with Crippen molar-refractivity contribution in [2.45, 2.75) is 39.3 Å². The van der Waals surface area contributed by atoms with E-state index in [1.807, 2.05) is 18.2 Å². The molecule has 0 fully saturated rings. The highest BCUT2D eigenvalue weighted by molar-refractivity contribution is 6.31. The fourth-order valence-corrected chi connectivity index (χ4v) is 2.84. The topological polar surface area (TPSA) is 39.7 Å². The number of halogens is 1. The van der Waals surface area contributed by atoms with Gasteiger partial charge in [-0.3, -0.25) is 0 Å². The number of benzene rings is 2. The standard InChI is InChI=1S/C21H28ClNO3/c1-4-5-6-11-26-18-9-7-16(8-10-18)14-23-15-17-12-20(24-2)21(25-3)13-19(17)22/h7-10,12-13,23H,4-6,11,14-15H2,1-3H3. The zero-order chi connectivity index (χ0) is 18.8. The van der Waals surface area contributed by atoms with Crippen molar-refractivity contribution in [2.24, 2.45) is 0 Å². The van der Waals surface area contributed by atoms with E-state index in [0.29, 0.717) is 23.1 Å². The van der Waals surface area contributed by atoms with Gasteiger partial charge >= 0.3 is 0 Å². The van der Waals surface area contributed by atoms with Gasteiger partial charge in [0.05, 0.1) is 20.8 Å². The maximum Gasteiger partial charge on any atom is 0.162 e. The highest BCUT2D eigenvalue weighted by Gasteiger charge is 2.09. The van der Waals surface area contributed by atoms with Crippen molar-refractivity contribution in [3.05, 3.63) is 52.5 Å². The average molecular weight is 378 g/mol. The fraction of sp³-hybridized carbons (Fsp3) is 0.429. The molecule has 0 heterocycles. The number of hydrogen-bond acceptors (Lipinski definition) is 4. The third kappa shape index (κ3) is 6.11. The summed E-state index contributed by atoms with van der Waals surface area (Å²) >= 11 is 6.32. The van der Waals surface area contributed by atoms with E-state index in [-0.39, 0.29) is 0 Å². The molecular weight excluding hydrogens is 350 g/mol. The van der Waals surface area contributed by atoms with Crippen LogP contribution in [0, 0.1) is 0 Å². The Bertz CT molecular complexity index is 674. The summed E-state index contributed by atoms with van der Waals surface area (Å²) in [6, 6.07) is 11.9. The minimum atomic E-state index is 0.635. The summed E-state index contributed by atoms with van der Waals surface area (Å²) in [4.78, 5) is 0. The number of nitrogens with one attached hydrogen (secondary N) is 1. The number of unbranched alkanes of at least 4 members (excludes halogenated alkanes) is 2. The summed E-state index contributed by atoms with van der Waals surface area (Å²) in [7, 11) is 3.22. The lowest BCUT2D eigenvalue weighted by Crippen LogP contribution is -2.13. The van der Waals surface area contributed by atoms with Gasteiger partial charge in [0.1, 0.15) is 5.75 Å². The van der Waals surface area contributed by atoms with Gasteiger partial charge in [0.2, 0.25) is 0 Å². The van der Waals surface area contributed by atoms with Crippen LogP contribution in [0.1, 0.15) is 37.3 Å². The highest BCUT2D eigenvalue weighted by Crippen LogP contribution is 2.33. The lowest BCUT2D eigenvalue weighted by Gasteiger charge is -2.12. The number of rotatable bonds is 11. The van der Waals surface area contributed by atoms with E-state index in [2.05, 4.69) is 24.4 Å². The highest BCUT2D eigenvalue weighted by atomic mass is 35.5. The molecule has 142 valence electrons. The smallest absolute Gasteiger partial charge is 0.162 e. The van der Waals surface area contributed by atoms with Crippen LogP contribution in [0.2, 0.25) is 5.02 Å². The van der Waals surface area contributed by atoms with Crippen LogP contribution >= 0.6 is 11.6 Å². The molecule has 0 spiro atoms. The summed E-state index contributed by atoms with van der Waals surface area (Å²) < 4.78 is 16.3. The summed E-state index contributed by atoms with van der Waals surface area (Å²) in [5.74, 6) is 2.24. The van der Waals surface area contributed by atoms with Crippen LogP contribution in [0.15, 0.2) is 36.4 Å². The molecule has 26 heavy (non-hydrogen) atoms. The molecule has 0 aliphatic rings. The zero-order valence-electron chi connectivity index (χ0n) is 15.8. The Morgan fingerprint density at radius 2 is 1.62 bits per heavy atom. The van der Waals surface area contributed by atoms with Crippen LogP contribution in [-0.4, -0.2) is 20.8 Å². The molecule has 0 saturated heterocycles. The van der Waals surface area contributed by atoms with Gasteiger partial charge in [-0.2, -0.15) is 0 Å². The van der Waals surface area contributed by atoms with Crippen molar-refractivity contribution in [2.75, 3.05) is 20.8 Å². The molecule has 2 aromatic rings. The van der Waals surface area contributed by atoms with Gasteiger partial charge in [0.15, 0.2) is 11.5 Å². The van der Waals surface area contributed by atoms with Crippen molar-refractivity contribution in [1.82, 2.24) is 5.32 Å². The number of ether oxygens (including phenoxy) is 3. The first-order valence-electron chi connectivity index (χ1n) is 9.00. The van der Waals surface area contributed by atoms with Crippen LogP contribution in [0.4, 0.5) is 0 Å². The van der Waals surface area contributed by atoms with E-state index in [4.69, 9.17) is 25.8 Å². The minimum Gasteiger partial charge on any atom is -0.494 e. The van der Waals surface area contributed by atoms with E-state index in [9.17, 15) is 0 Å². The fourth-order valence-electron chi connectivity index (χ4n) is 2.62. The monoisotopic (exact) mass is 377 g/mol. The Labute approximate surface area is 161 Å². The average Bonchev–Trinajstić information content (AvgIpc) is 2.67. The number of methoxy groups -OCH3 is 2. The Morgan fingerprint density at radius 1 is 0.923 bits per heavy atom. The molecule has 0 aromatic heterocycles. The summed E-state index contributed by atoms with van der Waals surface area (Å²) in [5, 5.41) is 4.06. The molecule has 5 heteroatoms. The van der Waals surface area contributed by atoms with Gasteiger partial charge in [0.25, 0.3) is 0 Å². The van der Waals surface area contributed by atoms with Gasteiger partial charge in [-0.1, -0.05) is 43.5 Å². The van der Waals surface area contributed by atoms with Crippen molar-refractivity contribution in [1.29, 1.82) is 0 Å². The summed E-state index contributed by atoms with van der Waals surface area (Å²) in [6.45, 7) is 4.37. The van der Waals surface area contributed by atoms with E-state index in [0.717, 1.165) is 30.9 Å². The van der Waals surface area contributed by atoms with Crippen LogP contribution < -0.4 is 19.5 Å². The van der Waals surface area contributed by atoms with E-state index < -0.39 is 0 Å². The Kier molecular flexibility index (Phi) is 8.59. The van der Waals surface area contributed by atoms with Gasteiger partial charge in [-0.05, 0) is 35.7 Å². The predicted octanol–water partition coefficient (Wildman–Crippen LogP) is 5.22. The SMILES string of the molecule is CCCCCOc1ccc(CNCc2cc(OC)c(OC)cc2Cl)cc1. The van der Waals surface area contributed by atoms with Gasteiger partial charge in [-0.25, -0.2) is 0 Å². The molecule has 0 aliphatic heterocycles. The third-order valence-electron chi connectivity index (χ3n) is 4.14. The quantitative estimate of drug-likeness (QED) is 0.545. The van der Waals surface area contributed by atoms with Crippen molar-refractivity contribution < 1.29 is 14.2 Å². The normalized spacial score (nSPS) is 10.6. The summed E-state index contributed by atoms with van der Waals surface area (Å²) in [6.07, 6.45) is 3.52. The Balaban J connectivity index is 1.84. The molecule has 0 amide bonds. The van der Waals surface area contributed by atoms with Gasteiger partial charge < -0.3 is 19.5 Å². The lowest BCUT2D eigenvalue weighted by molar-refractivity contribution is 0.306. The third-order valence-corrected chi connectivity index (χ3v) is 4.49. The van der Waals surface area contributed by atoms with Gasteiger partial charge in [-0.15, -0.1) is 0 Å². The second-order valence-electron chi connectivity index (χ2n) is 6.10. The molecule has 0 radical (unpaired) electrons. The first-order valence-corrected chi connectivity index (χ1v) is 9.38. The molecular formula is C21H28ClNO3. The maximum absolute atomic E-state index is 6.32. The molecule has 4 nitrogen and oxygen atoms in total. The molecule has 0 saturated carbocycles. The second kappa shape index (κ2) is 10.9. The predicted molar refractivity (Wildman–Crippen MR) is 107 cm³/mol. The van der Waals surface area contributed by atoms with Crippen LogP contribution in [0.3, 0.4) is 0 Å². The molecule has 0 bridgehead atoms. The van der Waals surface area contributed by atoms with Crippen LogP contribution in [0.25, 0.3) is 0 Å². The van der Waals surface area contributed by atoms with E-state index in [1.165, 1.54) is 18.4 Å². The molecule has 2 aromatic carbocycles. The zero-order valence-corrected chi connectivity index (χ0v) is 16.6. The number of hydrogen-bond donors (Lipinski definition) is 1. The van der Waals surface area contributed by atoms with Crippen molar-refractivity contribution in [3.8, 4) is 17.2 Å². The first kappa shape index (κ1) is 20.4. The van der Waals surface area contributed by atoms with E-state index in [1.54, 1.807) is 20.3 Å². The van der Waals surface area contributed by atoms with E-state index >= 15 is 0 Å². The molecule has 0 unspecified atom stereocenters. The molecule has 0 aliphatic carbocycles. The second-order valence-corrected chi connectivity index (χ2v) is 6.51. The van der Waals surface area contributed by atoms with Crippen molar-refractivity contribution >= 4 is 11.6 Å². The van der Waals surface area contributed by atoms with Crippen LogP contribution in [-0.2, 0) is 13.1 Å². The summed E-state index contributed by atoms with van der Waals surface area (Å²) in [5.41, 5.74) is 2.17. The molecule has 2 rings (SSSR count). The molecule has 0 atom stereocenters. The maximum atomic E-state index is 6.32. The Hall–Kier alpha value is -1.91. The Morgan fingerprint density at radius 3 is 2.27 bits per heavy atom. The largest absolute Gasteiger partial charge is 0.494 e. The van der Waals surface area contributed by atoms with Crippen molar-refractivity contribution in [3.63, 3.8) is 0 Å². The lowest BCUT2D eigenvalue weighted by atomic mass is 10.1. The molecule has 1 N–H and O–H groups in total. The van der Waals surface area contributed by atoms with Gasteiger partial charge in [0, 0.05) is 24.2 Å².